The molecule has 4 heteroatoms. The predicted octanol–water partition coefficient (Wildman–Crippen LogP) is 1.23. The van der Waals surface area contributed by atoms with E-state index in [1.807, 2.05) is 18.2 Å². The fourth-order valence-electron chi connectivity index (χ4n) is 1.49. The molecule has 0 radical (unpaired) electrons. The van der Waals surface area contributed by atoms with Gasteiger partial charge in [0.05, 0.1) is 10.9 Å². The summed E-state index contributed by atoms with van der Waals surface area (Å²) < 4.78 is 1.35. The van der Waals surface area contributed by atoms with Crippen LogP contribution in [0, 0.1) is 18.9 Å². The lowest BCUT2D eigenvalue weighted by atomic mass is 10.2. The second-order valence-corrected chi connectivity index (χ2v) is 3.30. The molecule has 0 aliphatic rings. The average molecular weight is 213 g/mol. The molecule has 1 aromatic carbocycles. The van der Waals surface area contributed by atoms with Crippen molar-refractivity contribution in [1.82, 2.24) is 9.66 Å². The fourth-order valence-corrected chi connectivity index (χ4v) is 1.49. The van der Waals surface area contributed by atoms with Gasteiger partial charge in [0.25, 0.3) is 5.56 Å². The topological polar surface area (TPSA) is 46.9 Å². The van der Waals surface area contributed by atoms with Crippen molar-refractivity contribution in [3.05, 3.63) is 40.4 Å². The van der Waals surface area contributed by atoms with E-state index in [9.17, 15) is 4.79 Å². The molecular formula is C12H11N3O. The van der Waals surface area contributed by atoms with Crippen LogP contribution in [0.3, 0.4) is 0 Å². The van der Waals surface area contributed by atoms with Crippen LogP contribution in [0.2, 0.25) is 0 Å². The first-order valence-corrected chi connectivity index (χ1v) is 4.90. The zero-order valence-corrected chi connectivity index (χ0v) is 9.11. The van der Waals surface area contributed by atoms with E-state index in [2.05, 4.69) is 22.4 Å². The first-order chi connectivity index (χ1) is 7.74. The summed E-state index contributed by atoms with van der Waals surface area (Å²) in [7, 11) is 0. The molecule has 2 rings (SSSR count). The Hall–Kier alpha value is -2.28. The minimum atomic E-state index is -0.133. The van der Waals surface area contributed by atoms with E-state index in [0.29, 0.717) is 16.7 Å². The Kier molecular flexibility index (Phi) is 2.61. The van der Waals surface area contributed by atoms with Gasteiger partial charge in [-0.25, -0.2) is 10.4 Å². The number of hydrogen-bond acceptors (Lipinski definition) is 3. The third kappa shape index (κ3) is 1.63. The number of para-hydroxylation sites is 1. The fraction of sp³-hybridized carbons (Fsp3) is 0.167. The zero-order valence-electron chi connectivity index (χ0n) is 9.11. The van der Waals surface area contributed by atoms with Gasteiger partial charge in [-0.3, -0.25) is 4.79 Å². The minimum absolute atomic E-state index is 0.133. The van der Waals surface area contributed by atoms with Crippen LogP contribution in [-0.2, 0) is 0 Å². The number of fused-ring (bicyclic) bond motifs is 1. The van der Waals surface area contributed by atoms with Crippen molar-refractivity contribution < 1.29 is 0 Å². The third-order valence-corrected chi connectivity index (χ3v) is 2.24. The monoisotopic (exact) mass is 213 g/mol. The van der Waals surface area contributed by atoms with E-state index in [1.54, 1.807) is 19.9 Å². The van der Waals surface area contributed by atoms with Gasteiger partial charge in [0, 0.05) is 6.04 Å². The Morgan fingerprint density at radius 3 is 2.88 bits per heavy atom. The molecule has 0 aliphatic carbocycles. The molecule has 1 aromatic heterocycles. The Balaban J connectivity index is 2.74. The second kappa shape index (κ2) is 4.07. The van der Waals surface area contributed by atoms with Crippen LogP contribution in [-0.4, -0.2) is 9.66 Å². The van der Waals surface area contributed by atoms with E-state index in [-0.39, 0.29) is 5.56 Å². The molecule has 0 fully saturated rings. The van der Waals surface area contributed by atoms with Crippen LogP contribution in [0.1, 0.15) is 12.7 Å². The number of nitrogens with zero attached hydrogens (tertiary/aromatic N) is 2. The molecule has 80 valence electrons. The molecule has 0 spiro atoms. The number of nitrogens with one attached hydrogen (secondary N) is 1. The Morgan fingerprint density at radius 1 is 1.38 bits per heavy atom. The Bertz CT molecular complexity index is 647. The number of aromatic nitrogens is 2. The third-order valence-electron chi connectivity index (χ3n) is 2.24. The van der Waals surface area contributed by atoms with Gasteiger partial charge >= 0.3 is 0 Å². The molecule has 0 saturated heterocycles. The number of hydrogen-bond donors (Lipinski definition) is 1. The normalized spacial score (nSPS) is 9.62. The molecule has 1 N–H and O–H groups in total. The van der Waals surface area contributed by atoms with Crippen LogP contribution < -0.4 is 11.0 Å². The maximum Gasteiger partial charge on any atom is 0.280 e. The SMILES string of the molecule is CC#CNn1c(C)nc2ccccc2c1=O. The summed E-state index contributed by atoms with van der Waals surface area (Å²) in [6, 6.07) is 9.88. The molecule has 0 saturated carbocycles. The van der Waals surface area contributed by atoms with Crippen molar-refractivity contribution in [3.8, 4) is 12.0 Å². The van der Waals surface area contributed by atoms with Crippen LogP contribution in [0.25, 0.3) is 10.9 Å². The van der Waals surface area contributed by atoms with Crippen LogP contribution in [0.4, 0.5) is 0 Å². The smallest absolute Gasteiger partial charge is 0.267 e. The molecule has 0 aliphatic heterocycles. The lowest BCUT2D eigenvalue weighted by Crippen LogP contribution is -2.29. The Morgan fingerprint density at radius 2 is 2.12 bits per heavy atom. The van der Waals surface area contributed by atoms with E-state index >= 15 is 0 Å². The van der Waals surface area contributed by atoms with Gasteiger partial charge in [-0.15, -0.1) is 0 Å². The summed E-state index contributed by atoms with van der Waals surface area (Å²) in [6.45, 7) is 3.46. The van der Waals surface area contributed by atoms with Gasteiger partial charge in [0.1, 0.15) is 5.82 Å². The minimum Gasteiger partial charge on any atom is -0.267 e. The molecule has 0 atom stereocenters. The average Bonchev–Trinajstić information content (AvgIpc) is 2.29. The molecule has 0 unspecified atom stereocenters. The van der Waals surface area contributed by atoms with E-state index < -0.39 is 0 Å². The highest BCUT2D eigenvalue weighted by Crippen LogP contribution is 2.06. The van der Waals surface area contributed by atoms with Crippen LogP contribution in [0.5, 0.6) is 0 Å². The molecular weight excluding hydrogens is 202 g/mol. The summed E-state index contributed by atoms with van der Waals surface area (Å²) >= 11 is 0. The van der Waals surface area contributed by atoms with Crippen molar-refractivity contribution in [3.63, 3.8) is 0 Å². The molecule has 0 amide bonds. The molecule has 1 heterocycles. The van der Waals surface area contributed by atoms with Gasteiger partial charge in [-0.1, -0.05) is 18.1 Å². The Labute approximate surface area is 92.9 Å². The van der Waals surface area contributed by atoms with E-state index in [4.69, 9.17) is 0 Å². The summed E-state index contributed by atoms with van der Waals surface area (Å²) in [5.41, 5.74) is 3.27. The van der Waals surface area contributed by atoms with E-state index in [0.717, 1.165) is 0 Å². The van der Waals surface area contributed by atoms with Gasteiger partial charge in [0.15, 0.2) is 0 Å². The second-order valence-electron chi connectivity index (χ2n) is 3.30. The molecule has 4 nitrogen and oxygen atoms in total. The lowest BCUT2D eigenvalue weighted by molar-refractivity contribution is 0.831. The maximum atomic E-state index is 12.0. The number of aryl methyl sites for hydroxylation is 1. The van der Waals surface area contributed by atoms with Crippen molar-refractivity contribution in [1.29, 1.82) is 0 Å². The summed E-state index contributed by atoms with van der Waals surface area (Å²) in [6.07, 6.45) is 0. The van der Waals surface area contributed by atoms with E-state index in [1.165, 1.54) is 4.68 Å². The van der Waals surface area contributed by atoms with Crippen molar-refractivity contribution in [2.24, 2.45) is 0 Å². The summed E-state index contributed by atoms with van der Waals surface area (Å²) in [4.78, 5) is 16.4. The van der Waals surface area contributed by atoms with Crippen LogP contribution >= 0.6 is 0 Å². The summed E-state index contributed by atoms with van der Waals surface area (Å²) in [5, 5.41) is 0.582. The highest BCUT2D eigenvalue weighted by Gasteiger charge is 2.05. The van der Waals surface area contributed by atoms with Crippen LogP contribution in [0.15, 0.2) is 29.1 Å². The first kappa shape index (κ1) is 10.2. The lowest BCUT2D eigenvalue weighted by Gasteiger charge is -2.07. The standard InChI is InChI=1S/C12H11N3O/c1-3-8-13-15-9(2)14-11-7-5-4-6-10(11)12(15)16/h4-7,13H,1-2H3. The highest BCUT2D eigenvalue weighted by molar-refractivity contribution is 5.77. The molecule has 16 heavy (non-hydrogen) atoms. The number of benzene rings is 1. The maximum absolute atomic E-state index is 12.0. The van der Waals surface area contributed by atoms with Crippen molar-refractivity contribution in [2.75, 3.05) is 5.43 Å². The first-order valence-electron chi connectivity index (χ1n) is 4.90. The van der Waals surface area contributed by atoms with Gasteiger partial charge < -0.3 is 0 Å². The van der Waals surface area contributed by atoms with Crippen molar-refractivity contribution >= 4 is 10.9 Å². The molecule has 2 aromatic rings. The quantitative estimate of drug-likeness (QED) is 0.572. The molecule has 0 bridgehead atoms. The van der Waals surface area contributed by atoms with Gasteiger partial charge in [-0.2, -0.15) is 4.68 Å². The largest absolute Gasteiger partial charge is 0.280 e. The van der Waals surface area contributed by atoms with Gasteiger partial charge in [0.2, 0.25) is 0 Å². The highest BCUT2D eigenvalue weighted by atomic mass is 16.1. The predicted molar refractivity (Wildman–Crippen MR) is 63.6 cm³/mol. The zero-order chi connectivity index (χ0) is 11.5. The van der Waals surface area contributed by atoms with Gasteiger partial charge in [-0.05, 0) is 26.0 Å². The van der Waals surface area contributed by atoms with Crippen molar-refractivity contribution in [2.45, 2.75) is 13.8 Å². The summed E-state index contributed by atoms with van der Waals surface area (Å²) in [5.74, 6) is 3.26. The number of rotatable bonds is 1.